The van der Waals surface area contributed by atoms with Gasteiger partial charge in [0.05, 0.1) is 18.2 Å². The van der Waals surface area contributed by atoms with Crippen LogP contribution in [0.15, 0.2) is 54.1 Å². The molecule has 0 atom stereocenters. The molecule has 1 aliphatic heterocycles. The first kappa shape index (κ1) is 22.9. The van der Waals surface area contributed by atoms with Gasteiger partial charge in [-0.25, -0.2) is 4.79 Å². The predicted octanol–water partition coefficient (Wildman–Crippen LogP) is 5.25. The molecule has 166 valence electrons. The van der Waals surface area contributed by atoms with E-state index in [2.05, 4.69) is 0 Å². The van der Waals surface area contributed by atoms with Gasteiger partial charge in [0.25, 0.3) is 0 Å². The number of methoxy groups -OCH3 is 1. The molecule has 0 aliphatic carbocycles. The van der Waals surface area contributed by atoms with Crippen molar-refractivity contribution in [2.24, 2.45) is 0 Å². The van der Waals surface area contributed by atoms with Gasteiger partial charge < -0.3 is 19.7 Å². The van der Waals surface area contributed by atoms with E-state index in [1.807, 2.05) is 19.9 Å². The monoisotopic (exact) mass is 434 g/mol. The zero-order valence-corrected chi connectivity index (χ0v) is 18.7. The number of fused-ring (bicyclic) bond motifs is 1. The number of carbonyl (C=O) groups is 2. The van der Waals surface area contributed by atoms with Gasteiger partial charge in [-0.3, -0.25) is 4.79 Å². The van der Waals surface area contributed by atoms with Gasteiger partial charge in [0.2, 0.25) is 0 Å². The molecule has 0 aromatic heterocycles. The molecule has 0 spiro atoms. The van der Waals surface area contributed by atoms with Crippen molar-refractivity contribution in [1.82, 2.24) is 0 Å². The summed E-state index contributed by atoms with van der Waals surface area (Å²) in [6.07, 6.45) is 6.23. The van der Waals surface area contributed by atoms with E-state index >= 15 is 0 Å². The van der Waals surface area contributed by atoms with E-state index in [1.54, 1.807) is 56.3 Å². The second-order valence-corrected chi connectivity index (χ2v) is 7.98. The Morgan fingerprint density at radius 2 is 1.78 bits per heavy atom. The first-order chi connectivity index (χ1) is 15.1. The highest BCUT2D eigenvalue weighted by atomic mass is 16.5. The van der Waals surface area contributed by atoms with E-state index in [-0.39, 0.29) is 28.2 Å². The molecule has 1 aliphatic rings. The molecule has 32 heavy (non-hydrogen) atoms. The number of ether oxygens (including phenoxy) is 2. The van der Waals surface area contributed by atoms with Crippen molar-refractivity contribution in [2.45, 2.75) is 33.3 Å². The van der Waals surface area contributed by atoms with Crippen LogP contribution in [-0.2, 0) is 4.79 Å². The van der Waals surface area contributed by atoms with E-state index in [9.17, 15) is 19.8 Å². The molecule has 0 amide bonds. The molecule has 0 saturated heterocycles. The Morgan fingerprint density at radius 3 is 2.34 bits per heavy atom. The molecule has 0 fully saturated rings. The normalized spacial score (nSPS) is 15.0. The second-order valence-electron chi connectivity index (χ2n) is 7.98. The molecular formula is C26H26O6. The van der Waals surface area contributed by atoms with E-state index in [0.29, 0.717) is 16.7 Å². The summed E-state index contributed by atoms with van der Waals surface area (Å²) < 4.78 is 11.7. The Bertz CT molecular complexity index is 1170. The number of allylic oxidation sites excluding steroid dienone is 2. The number of carboxylic acid groups (broad SMARTS) is 1. The minimum Gasteiger partial charge on any atom is -0.506 e. The van der Waals surface area contributed by atoms with Gasteiger partial charge in [-0.15, -0.1) is 0 Å². The van der Waals surface area contributed by atoms with Crippen LogP contribution in [0.4, 0.5) is 0 Å². The number of phenolic OH excluding ortho intramolecular Hbond substituents is 1. The quantitative estimate of drug-likeness (QED) is 0.476. The number of aliphatic carboxylic acids is 1. The lowest BCUT2D eigenvalue weighted by Gasteiger charge is -2.32. The van der Waals surface area contributed by atoms with E-state index in [0.717, 1.165) is 6.08 Å². The highest BCUT2D eigenvalue weighted by molar-refractivity contribution is 6.14. The molecule has 6 heteroatoms. The molecule has 0 bridgehead atoms. The van der Waals surface area contributed by atoms with Crippen molar-refractivity contribution in [2.75, 3.05) is 7.11 Å². The van der Waals surface area contributed by atoms with Crippen molar-refractivity contribution in [3.63, 3.8) is 0 Å². The second kappa shape index (κ2) is 8.75. The number of rotatable bonds is 6. The van der Waals surface area contributed by atoms with Crippen LogP contribution >= 0.6 is 0 Å². The highest BCUT2D eigenvalue weighted by Crippen LogP contribution is 2.51. The van der Waals surface area contributed by atoms with Crippen LogP contribution in [0.1, 0.15) is 54.7 Å². The van der Waals surface area contributed by atoms with Crippen LogP contribution in [0.3, 0.4) is 0 Å². The summed E-state index contributed by atoms with van der Waals surface area (Å²) in [5.74, 6) is -1.60. The summed E-state index contributed by atoms with van der Waals surface area (Å²) in [6, 6.07) is 8.79. The van der Waals surface area contributed by atoms with Crippen molar-refractivity contribution in [3.8, 4) is 17.2 Å². The third-order valence-corrected chi connectivity index (χ3v) is 5.28. The maximum absolute atomic E-state index is 13.2. The number of benzene rings is 2. The summed E-state index contributed by atoms with van der Waals surface area (Å²) in [7, 11) is 1.41. The van der Waals surface area contributed by atoms with Gasteiger partial charge in [0, 0.05) is 11.6 Å². The van der Waals surface area contributed by atoms with Gasteiger partial charge >= 0.3 is 5.97 Å². The van der Waals surface area contributed by atoms with Crippen LogP contribution < -0.4 is 9.47 Å². The zero-order valence-electron chi connectivity index (χ0n) is 18.7. The molecule has 2 N–H and O–H groups in total. The van der Waals surface area contributed by atoms with Crippen LogP contribution in [-0.4, -0.2) is 34.7 Å². The summed E-state index contributed by atoms with van der Waals surface area (Å²) in [5.41, 5.74) is 0.987. The molecule has 3 rings (SSSR count). The molecule has 2 aromatic carbocycles. The van der Waals surface area contributed by atoms with Gasteiger partial charge in [-0.1, -0.05) is 36.4 Å². The highest BCUT2D eigenvalue weighted by Gasteiger charge is 2.35. The lowest BCUT2D eigenvalue weighted by molar-refractivity contribution is -0.131. The van der Waals surface area contributed by atoms with E-state index < -0.39 is 23.1 Å². The standard InChI is InChI=1S/C26H26O6/c1-6-15(2)22(29)21-23(30)20(18(14-19(27)28)16-10-8-7-9-11-16)25-17(24(21)31-5)12-13-26(3,4)32-25/h6-14,30H,1-5H3,(H,27,28). The lowest BCUT2D eigenvalue weighted by atomic mass is 9.87. The number of ketones is 1. The lowest BCUT2D eigenvalue weighted by Crippen LogP contribution is -2.28. The fourth-order valence-electron chi connectivity index (χ4n) is 3.59. The molecule has 0 saturated carbocycles. The minimum atomic E-state index is -1.20. The van der Waals surface area contributed by atoms with Crippen molar-refractivity contribution in [1.29, 1.82) is 0 Å². The summed E-state index contributed by atoms with van der Waals surface area (Å²) >= 11 is 0. The summed E-state index contributed by atoms with van der Waals surface area (Å²) in [6.45, 7) is 7.04. The minimum absolute atomic E-state index is 0.0444. The van der Waals surface area contributed by atoms with Crippen LogP contribution in [0, 0.1) is 0 Å². The summed E-state index contributed by atoms with van der Waals surface area (Å²) in [5, 5.41) is 21.0. The van der Waals surface area contributed by atoms with Crippen LogP contribution in [0.25, 0.3) is 11.6 Å². The molecule has 0 unspecified atom stereocenters. The Labute approximate surface area is 187 Å². The number of phenols is 1. The topological polar surface area (TPSA) is 93.1 Å². The largest absolute Gasteiger partial charge is 0.506 e. The maximum atomic E-state index is 13.2. The van der Waals surface area contributed by atoms with Crippen molar-refractivity contribution in [3.05, 3.63) is 76.4 Å². The molecule has 1 heterocycles. The maximum Gasteiger partial charge on any atom is 0.328 e. The molecule has 6 nitrogen and oxygen atoms in total. The number of hydrogen-bond donors (Lipinski definition) is 2. The smallest absolute Gasteiger partial charge is 0.328 e. The first-order valence-electron chi connectivity index (χ1n) is 10.1. The van der Waals surface area contributed by atoms with E-state index in [4.69, 9.17) is 9.47 Å². The van der Waals surface area contributed by atoms with Gasteiger partial charge in [0.1, 0.15) is 28.4 Å². The third-order valence-electron chi connectivity index (χ3n) is 5.28. The van der Waals surface area contributed by atoms with E-state index in [1.165, 1.54) is 7.11 Å². The number of hydrogen-bond acceptors (Lipinski definition) is 5. The first-order valence-corrected chi connectivity index (χ1v) is 10.1. The Hall–Kier alpha value is -3.80. The molecule has 2 aromatic rings. The average Bonchev–Trinajstić information content (AvgIpc) is 2.76. The predicted molar refractivity (Wildman–Crippen MR) is 123 cm³/mol. The zero-order chi connectivity index (χ0) is 23.6. The number of carboxylic acids is 1. The molecular weight excluding hydrogens is 408 g/mol. The summed E-state index contributed by atoms with van der Waals surface area (Å²) in [4.78, 5) is 25.0. The van der Waals surface area contributed by atoms with Gasteiger partial charge in [-0.2, -0.15) is 0 Å². The Balaban J connectivity index is 2.50. The van der Waals surface area contributed by atoms with Crippen LogP contribution in [0.5, 0.6) is 17.2 Å². The fourth-order valence-corrected chi connectivity index (χ4v) is 3.59. The Kier molecular flexibility index (Phi) is 6.25. The van der Waals surface area contributed by atoms with Gasteiger partial charge in [-0.05, 0) is 51.0 Å². The Morgan fingerprint density at radius 1 is 1.12 bits per heavy atom. The number of Topliss-reactive ketones (excluding diaryl/α,β-unsaturated/α-hetero) is 1. The van der Waals surface area contributed by atoms with Crippen molar-refractivity contribution >= 4 is 23.4 Å². The fraction of sp³-hybridized carbons (Fsp3) is 0.231. The van der Waals surface area contributed by atoms with Crippen LogP contribution in [0.2, 0.25) is 0 Å². The molecule has 0 radical (unpaired) electrons. The third kappa shape index (κ3) is 4.17. The SMILES string of the molecule is CC=C(C)C(=O)c1c(O)c(C(=CC(=O)O)c2ccccc2)c2c(c1OC)C=CC(C)(C)O2. The number of aromatic hydroxyl groups is 1. The number of carbonyl (C=O) groups excluding carboxylic acids is 1. The van der Waals surface area contributed by atoms with Gasteiger partial charge in [0.15, 0.2) is 5.78 Å². The van der Waals surface area contributed by atoms with Crippen molar-refractivity contribution < 1.29 is 29.3 Å². The average molecular weight is 434 g/mol.